The lowest BCUT2D eigenvalue weighted by molar-refractivity contribution is -0.147. The van der Waals surface area contributed by atoms with Crippen LogP contribution in [0.4, 0.5) is 4.79 Å². The minimum absolute atomic E-state index is 0.321. The summed E-state index contributed by atoms with van der Waals surface area (Å²) in [5.74, 6) is 0.532. The number of ether oxygens (including phenoxy) is 2. The highest BCUT2D eigenvalue weighted by atomic mass is 16.6. The van der Waals surface area contributed by atoms with Gasteiger partial charge in [-0.05, 0) is 51.7 Å². The van der Waals surface area contributed by atoms with Crippen LogP contribution in [0.2, 0.25) is 0 Å². The van der Waals surface area contributed by atoms with Crippen molar-refractivity contribution in [3.63, 3.8) is 0 Å². The molecule has 0 aliphatic heterocycles. The normalized spacial score (nSPS) is 13.6. The number of alkyl carbamates (subject to hydrolysis) is 1. The van der Waals surface area contributed by atoms with Crippen molar-refractivity contribution in [2.75, 3.05) is 13.7 Å². The lowest BCUT2D eigenvalue weighted by atomic mass is 9.94. The van der Waals surface area contributed by atoms with E-state index in [0.717, 1.165) is 0 Å². The van der Waals surface area contributed by atoms with Crippen molar-refractivity contribution < 1.29 is 28.7 Å². The number of nitrogens with zero attached hydrogens (tertiary/aromatic N) is 1. The lowest BCUT2D eigenvalue weighted by Crippen LogP contribution is -2.57. The Morgan fingerprint density at radius 2 is 1.72 bits per heavy atom. The Kier molecular flexibility index (Phi) is 11.5. The summed E-state index contributed by atoms with van der Waals surface area (Å²) in [5, 5.41) is 5.22. The molecular formula is C27H39N3O6. The standard InChI is InChI=1S/C27H39N3O6/c1-10-18(5)30(25(33)22(17(3)4)29-26(34)36-27(6,7)8)23(24(32)28-16-21(31)35-9)20-15-13-12-14-19(20)11-2/h2,12-15,17-18,22-23H,10,16H2,1,3-9H3,(H,28,32)(H,29,34). The first-order valence-electron chi connectivity index (χ1n) is 12.0. The first kappa shape index (κ1) is 30.5. The van der Waals surface area contributed by atoms with Crippen molar-refractivity contribution in [2.45, 2.75) is 78.6 Å². The van der Waals surface area contributed by atoms with Gasteiger partial charge in [-0.15, -0.1) is 6.42 Å². The van der Waals surface area contributed by atoms with Gasteiger partial charge >= 0.3 is 12.1 Å². The molecule has 0 saturated carbocycles. The summed E-state index contributed by atoms with van der Waals surface area (Å²) in [7, 11) is 1.21. The molecular weight excluding hydrogens is 462 g/mol. The first-order chi connectivity index (χ1) is 16.8. The second-order valence-corrected chi connectivity index (χ2v) is 9.80. The summed E-state index contributed by atoms with van der Waals surface area (Å²) in [6.45, 7) is 12.1. The fourth-order valence-electron chi connectivity index (χ4n) is 3.52. The topological polar surface area (TPSA) is 114 Å². The maximum absolute atomic E-state index is 14.0. The zero-order chi connectivity index (χ0) is 27.6. The van der Waals surface area contributed by atoms with Gasteiger partial charge in [-0.1, -0.05) is 44.9 Å². The van der Waals surface area contributed by atoms with E-state index in [1.807, 2.05) is 13.8 Å². The minimum atomic E-state index is -1.16. The predicted octanol–water partition coefficient (Wildman–Crippen LogP) is 3.17. The molecule has 9 nitrogen and oxygen atoms in total. The molecule has 9 heteroatoms. The number of terminal acetylenes is 1. The Balaban J connectivity index is 3.59. The molecule has 2 N–H and O–H groups in total. The van der Waals surface area contributed by atoms with Crippen LogP contribution in [-0.2, 0) is 23.9 Å². The number of hydrogen-bond acceptors (Lipinski definition) is 6. The third-order valence-electron chi connectivity index (χ3n) is 5.50. The third kappa shape index (κ3) is 8.59. The average Bonchev–Trinajstić information content (AvgIpc) is 2.81. The Morgan fingerprint density at radius 1 is 1.11 bits per heavy atom. The highest BCUT2D eigenvalue weighted by Crippen LogP contribution is 2.29. The highest BCUT2D eigenvalue weighted by Gasteiger charge is 2.40. The summed E-state index contributed by atoms with van der Waals surface area (Å²) >= 11 is 0. The summed E-state index contributed by atoms with van der Waals surface area (Å²) < 4.78 is 10.00. The van der Waals surface area contributed by atoms with Crippen molar-refractivity contribution in [1.82, 2.24) is 15.5 Å². The van der Waals surface area contributed by atoms with E-state index in [4.69, 9.17) is 11.2 Å². The Bertz CT molecular complexity index is 976. The quantitative estimate of drug-likeness (QED) is 0.376. The first-order valence-corrected chi connectivity index (χ1v) is 12.0. The lowest BCUT2D eigenvalue weighted by Gasteiger charge is -2.39. The second-order valence-electron chi connectivity index (χ2n) is 9.80. The number of amides is 3. The van der Waals surface area contributed by atoms with Gasteiger partial charge in [0.2, 0.25) is 11.8 Å². The van der Waals surface area contributed by atoms with E-state index in [0.29, 0.717) is 17.5 Å². The van der Waals surface area contributed by atoms with Gasteiger partial charge in [-0.25, -0.2) is 4.79 Å². The number of rotatable bonds is 10. The van der Waals surface area contributed by atoms with Gasteiger partial charge in [0.05, 0.1) is 7.11 Å². The summed E-state index contributed by atoms with van der Waals surface area (Å²) in [5.41, 5.74) is 0.0985. The molecule has 36 heavy (non-hydrogen) atoms. The van der Waals surface area contributed by atoms with Crippen LogP contribution in [-0.4, -0.2) is 60.1 Å². The molecule has 0 aromatic heterocycles. The Morgan fingerprint density at radius 3 is 2.22 bits per heavy atom. The van der Waals surface area contributed by atoms with Crippen LogP contribution in [0.15, 0.2) is 24.3 Å². The summed E-state index contributed by atoms with van der Waals surface area (Å²) in [4.78, 5) is 53.2. The SMILES string of the molecule is C#Cc1ccccc1C(C(=O)NCC(=O)OC)N(C(=O)C(NC(=O)OC(C)(C)C)C(C)C)C(C)CC. The summed E-state index contributed by atoms with van der Waals surface area (Å²) in [6.07, 6.45) is 5.49. The fourth-order valence-corrected chi connectivity index (χ4v) is 3.52. The van der Waals surface area contributed by atoms with E-state index in [9.17, 15) is 19.2 Å². The second kappa shape index (κ2) is 13.5. The van der Waals surface area contributed by atoms with Gasteiger partial charge < -0.3 is 25.0 Å². The Hall–Kier alpha value is -3.54. The van der Waals surface area contributed by atoms with Gasteiger partial charge in [0.15, 0.2) is 0 Å². The molecule has 3 atom stereocenters. The van der Waals surface area contributed by atoms with E-state index in [1.165, 1.54) is 12.0 Å². The van der Waals surface area contributed by atoms with Crippen molar-refractivity contribution >= 4 is 23.9 Å². The monoisotopic (exact) mass is 501 g/mol. The van der Waals surface area contributed by atoms with Crippen LogP contribution in [0.25, 0.3) is 0 Å². The van der Waals surface area contributed by atoms with Crippen LogP contribution < -0.4 is 10.6 Å². The van der Waals surface area contributed by atoms with Crippen LogP contribution >= 0.6 is 0 Å². The molecule has 0 aliphatic rings. The van der Waals surface area contributed by atoms with E-state index < -0.39 is 47.6 Å². The fraction of sp³-hybridized carbons (Fsp3) is 0.556. The van der Waals surface area contributed by atoms with Crippen molar-refractivity contribution in [3.8, 4) is 12.3 Å². The van der Waals surface area contributed by atoms with Crippen LogP contribution in [0.1, 0.15) is 72.1 Å². The smallest absolute Gasteiger partial charge is 0.408 e. The zero-order valence-electron chi connectivity index (χ0n) is 22.5. The van der Waals surface area contributed by atoms with Crippen molar-refractivity contribution in [3.05, 3.63) is 35.4 Å². The number of methoxy groups -OCH3 is 1. The number of hydrogen-bond donors (Lipinski definition) is 2. The van der Waals surface area contributed by atoms with E-state index in [1.54, 1.807) is 58.9 Å². The van der Waals surface area contributed by atoms with E-state index >= 15 is 0 Å². The number of benzene rings is 1. The zero-order valence-corrected chi connectivity index (χ0v) is 22.5. The highest BCUT2D eigenvalue weighted by molar-refractivity contribution is 5.94. The van der Waals surface area contributed by atoms with Crippen LogP contribution in [0.5, 0.6) is 0 Å². The molecule has 1 rings (SSSR count). The number of esters is 1. The maximum Gasteiger partial charge on any atom is 0.408 e. The number of carbonyl (C=O) groups is 4. The van der Waals surface area contributed by atoms with Crippen molar-refractivity contribution in [1.29, 1.82) is 0 Å². The van der Waals surface area contributed by atoms with Crippen LogP contribution in [0, 0.1) is 18.3 Å². The molecule has 3 unspecified atom stereocenters. The Labute approximate surface area is 214 Å². The third-order valence-corrected chi connectivity index (χ3v) is 5.50. The largest absolute Gasteiger partial charge is 0.468 e. The van der Waals surface area contributed by atoms with Gasteiger partial charge in [0.25, 0.3) is 0 Å². The van der Waals surface area contributed by atoms with Gasteiger partial charge in [-0.3, -0.25) is 14.4 Å². The van der Waals surface area contributed by atoms with Gasteiger partial charge in [0, 0.05) is 11.6 Å². The van der Waals surface area contributed by atoms with E-state index in [2.05, 4.69) is 21.3 Å². The molecule has 0 heterocycles. The maximum atomic E-state index is 14.0. The molecule has 1 aromatic rings. The molecule has 0 aliphatic carbocycles. The molecule has 1 aromatic carbocycles. The minimum Gasteiger partial charge on any atom is -0.468 e. The molecule has 0 saturated heterocycles. The number of nitrogens with one attached hydrogen (secondary N) is 2. The average molecular weight is 502 g/mol. The molecule has 198 valence electrons. The summed E-state index contributed by atoms with van der Waals surface area (Å²) in [6, 6.07) is 4.24. The van der Waals surface area contributed by atoms with Gasteiger partial charge in [0.1, 0.15) is 24.2 Å². The number of carbonyl (C=O) groups excluding carboxylic acids is 4. The van der Waals surface area contributed by atoms with Crippen molar-refractivity contribution in [2.24, 2.45) is 5.92 Å². The molecule has 0 radical (unpaired) electrons. The predicted molar refractivity (Wildman–Crippen MR) is 137 cm³/mol. The molecule has 0 fully saturated rings. The van der Waals surface area contributed by atoms with Gasteiger partial charge in [-0.2, -0.15) is 0 Å². The molecule has 3 amide bonds. The van der Waals surface area contributed by atoms with E-state index in [-0.39, 0.29) is 12.5 Å². The molecule has 0 bridgehead atoms. The molecule has 0 spiro atoms. The van der Waals surface area contributed by atoms with Crippen LogP contribution in [0.3, 0.4) is 0 Å².